The highest BCUT2D eigenvalue weighted by Crippen LogP contribution is 2.26. The van der Waals surface area contributed by atoms with Crippen LogP contribution in [0.4, 0.5) is 20.3 Å². The summed E-state index contributed by atoms with van der Waals surface area (Å²) in [5.74, 6) is -0.355. The smallest absolute Gasteiger partial charge is 0.218 e. The van der Waals surface area contributed by atoms with Crippen LogP contribution in [0, 0.1) is 18.6 Å². The van der Waals surface area contributed by atoms with Gasteiger partial charge in [0, 0.05) is 23.2 Å². The van der Waals surface area contributed by atoms with Gasteiger partial charge in [-0.3, -0.25) is 0 Å². The van der Waals surface area contributed by atoms with Crippen molar-refractivity contribution in [1.82, 2.24) is 15.0 Å². The van der Waals surface area contributed by atoms with E-state index >= 15 is 0 Å². The van der Waals surface area contributed by atoms with Crippen molar-refractivity contribution in [2.75, 3.05) is 12.4 Å². The summed E-state index contributed by atoms with van der Waals surface area (Å²) in [6.07, 6.45) is 0. The van der Waals surface area contributed by atoms with Gasteiger partial charge in [0.1, 0.15) is 17.5 Å². The van der Waals surface area contributed by atoms with Gasteiger partial charge in [-0.15, -0.1) is 11.3 Å². The van der Waals surface area contributed by atoms with Crippen molar-refractivity contribution >= 4 is 22.8 Å². The molecule has 0 spiro atoms. The van der Waals surface area contributed by atoms with Crippen LogP contribution in [0.5, 0.6) is 5.88 Å². The molecule has 0 saturated carbocycles. The van der Waals surface area contributed by atoms with E-state index in [9.17, 15) is 8.78 Å². The number of anilines is 2. The molecule has 0 saturated heterocycles. The minimum Gasteiger partial charge on any atom is -0.481 e. The predicted octanol–water partition coefficient (Wildman–Crippen LogP) is 3.94. The third kappa shape index (κ3) is 3.42. The standard InChI is InChI=1S/C15H12F2N4OS/c1-8-7-23-15(18-8)14-20-12(6-13(21-14)22-2)19-11-4-3-9(16)5-10(11)17/h3-7H,1-2H3,(H,19,20,21). The number of methoxy groups -OCH3 is 1. The van der Waals surface area contributed by atoms with Crippen molar-refractivity contribution in [1.29, 1.82) is 0 Å². The largest absolute Gasteiger partial charge is 0.481 e. The second kappa shape index (κ2) is 6.25. The fourth-order valence-corrected chi connectivity index (χ4v) is 2.60. The molecule has 8 heteroatoms. The summed E-state index contributed by atoms with van der Waals surface area (Å²) in [7, 11) is 1.47. The summed E-state index contributed by atoms with van der Waals surface area (Å²) >= 11 is 1.40. The summed E-state index contributed by atoms with van der Waals surface area (Å²) in [5, 5.41) is 5.30. The highest BCUT2D eigenvalue weighted by molar-refractivity contribution is 7.13. The summed E-state index contributed by atoms with van der Waals surface area (Å²) < 4.78 is 31.9. The molecule has 1 aromatic carbocycles. The summed E-state index contributed by atoms with van der Waals surface area (Å²) in [4.78, 5) is 12.9. The number of hydrogen-bond donors (Lipinski definition) is 1. The van der Waals surface area contributed by atoms with Crippen LogP contribution in [-0.4, -0.2) is 22.1 Å². The monoisotopic (exact) mass is 334 g/mol. The van der Waals surface area contributed by atoms with Gasteiger partial charge in [-0.2, -0.15) is 4.98 Å². The minimum absolute atomic E-state index is 0.105. The van der Waals surface area contributed by atoms with Crippen molar-refractivity contribution in [3.05, 3.63) is 47.0 Å². The number of thiazole rings is 1. The number of aromatic nitrogens is 3. The molecule has 0 aliphatic heterocycles. The fraction of sp³-hybridized carbons (Fsp3) is 0.133. The van der Waals surface area contributed by atoms with E-state index in [1.54, 1.807) is 0 Å². The predicted molar refractivity (Wildman–Crippen MR) is 84.1 cm³/mol. The highest BCUT2D eigenvalue weighted by Gasteiger charge is 2.12. The summed E-state index contributed by atoms with van der Waals surface area (Å²) in [6.45, 7) is 1.87. The van der Waals surface area contributed by atoms with Crippen molar-refractivity contribution in [2.45, 2.75) is 6.92 Å². The van der Waals surface area contributed by atoms with Gasteiger partial charge in [0.05, 0.1) is 12.8 Å². The maximum Gasteiger partial charge on any atom is 0.218 e. The van der Waals surface area contributed by atoms with Crippen LogP contribution in [0.1, 0.15) is 5.69 Å². The molecule has 0 aliphatic rings. The van der Waals surface area contributed by atoms with Gasteiger partial charge in [-0.05, 0) is 19.1 Å². The number of aryl methyl sites for hydroxylation is 1. The topological polar surface area (TPSA) is 59.9 Å². The van der Waals surface area contributed by atoms with E-state index < -0.39 is 11.6 Å². The van der Waals surface area contributed by atoms with E-state index in [0.29, 0.717) is 22.5 Å². The number of ether oxygens (including phenoxy) is 1. The van der Waals surface area contributed by atoms with Gasteiger partial charge in [0.25, 0.3) is 0 Å². The Balaban J connectivity index is 1.98. The zero-order chi connectivity index (χ0) is 16.4. The molecule has 0 bridgehead atoms. The van der Waals surface area contributed by atoms with Crippen LogP contribution in [0.2, 0.25) is 0 Å². The third-order valence-corrected chi connectivity index (χ3v) is 3.87. The molecule has 0 atom stereocenters. The fourth-order valence-electron chi connectivity index (χ4n) is 1.87. The Morgan fingerprint density at radius 2 is 1.96 bits per heavy atom. The van der Waals surface area contributed by atoms with Gasteiger partial charge < -0.3 is 10.1 Å². The molecular formula is C15H12F2N4OS. The first-order valence-electron chi connectivity index (χ1n) is 6.63. The Hall–Kier alpha value is -2.61. The molecule has 23 heavy (non-hydrogen) atoms. The Kier molecular flexibility index (Phi) is 4.16. The van der Waals surface area contributed by atoms with E-state index in [4.69, 9.17) is 4.74 Å². The molecule has 0 amide bonds. The third-order valence-electron chi connectivity index (χ3n) is 2.92. The van der Waals surface area contributed by atoms with Crippen LogP contribution in [0.15, 0.2) is 29.6 Å². The lowest BCUT2D eigenvalue weighted by molar-refractivity contribution is 0.398. The Labute approximate surface area is 135 Å². The van der Waals surface area contributed by atoms with E-state index in [1.165, 1.54) is 30.6 Å². The molecule has 2 heterocycles. The molecule has 0 radical (unpaired) electrons. The summed E-state index contributed by atoms with van der Waals surface area (Å²) in [5.41, 5.74) is 0.962. The first-order chi connectivity index (χ1) is 11.0. The number of rotatable bonds is 4. The lowest BCUT2D eigenvalue weighted by Crippen LogP contribution is -2.01. The van der Waals surface area contributed by atoms with Gasteiger partial charge in [-0.1, -0.05) is 0 Å². The summed E-state index contributed by atoms with van der Waals surface area (Å²) in [6, 6.07) is 4.78. The Morgan fingerprint density at radius 1 is 1.13 bits per heavy atom. The lowest BCUT2D eigenvalue weighted by Gasteiger charge is -2.09. The highest BCUT2D eigenvalue weighted by atomic mass is 32.1. The zero-order valence-electron chi connectivity index (χ0n) is 12.3. The molecule has 0 unspecified atom stereocenters. The van der Waals surface area contributed by atoms with E-state index in [0.717, 1.165) is 17.8 Å². The van der Waals surface area contributed by atoms with Crippen molar-refractivity contribution in [3.8, 4) is 16.7 Å². The molecule has 0 fully saturated rings. The minimum atomic E-state index is -0.714. The van der Waals surface area contributed by atoms with Crippen LogP contribution >= 0.6 is 11.3 Å². The van der Waals surface area contributed by atoms with Gasteiger partial charge in [-0.25, -0.2) is 18.7 Å². The lowest BCUT2D eigenvalue weighted by atomic mass is 10.3. The second-order valence-corrected chi connectivity index (χ2v) is 5.52. The van der Waals surface area contributed by atoms with Crippen LogP contribution < -0.4 is 10.1 Å². The number of hydrogen-bond acceptors (Lipinski definition) is 6. The van der Waals surface area contributed by atoms with Crippen LogP contribution in [0.25, 0.3) is 10.8 Å². The SMILES string of the molecule is COc1cc(Nc2ccc(F)cc2F)nc(-c2nc(C)cs2)n1. The number of nitrogens with zero attached hydrogens (tertiary/aromatic N) is 3. The second-order valence-electron chi connectivity index (χ2n) is 4.66. The molecule has 5 nitrogen and oxygen atoms in total. The molecule has 118 valence electrons. The number of nitrogens with one attached hydrogen (secondary N) is 1. The number of halogens is 2. The van der Waals surface area contributed by atoms with Gasteiger partial charge in [0.2, 0.25) is 5.88 Å². The van der Waals surface area contributed by atoms with Gasteiger partial charge in [0.15, 0.2) is 10.8 Å². The average Bonchev–Trinajstić information content (AvgIpc) is 2.96. The van der Waals surface area contributed by atoms with Crippen LogP contribution in [-0.2, 0) is 0 Å². The maximum absolute atomic E-state index is 13.8. The molecule has 2 aromatic heterocycles. The Morgan fingerprint density at radius 3 is 2.61 bits per heavy atom. The van der Waals surface area contributed by atoms with Crippen molar-refractivity contribution in [3.63, 3.8) is 0 Å². The Bertz CT molecular complexity index is 853. The quantitative estimate of drug-likeness (QED) is 0.783. The molecule has 3 rings (SSSR count). The first-order valence-corrected chi connectivity index (χ1v) is 7.51. The molecule has 0 aliphatic carbocycles. The van der Waals surface area contributed by atoms with Gasteiger partial charge >= 0.3 is 0 Å². The molecular weight excluding hydrogens is 322 g/mol. The van der Waals surface area contributed by atoms with E-state index in [1.807, 2.05) is 12.3 Å². The van der Waals surface area contributed by atoms with E-state index in [2.05, 4.69) is 20.3 Å². The average molecular weight is 334 g/mol. The van der Waals surface area contributed by atoms with Crippen molar-refractivity contribution in [2.24, 2.45) is 0 Å². The zero-order valence-corrected chi connectivity index (χ0v) is 13.1. The number of benzene rings is 1. The maximum atomic E-state index is 13.8. The van der Waals surface area contributed by atoms with E-state index in [-0.39, 0.29) is 5.69 Å². The molecule has 1 N–H and O–H groups in total. The van der Waals surface area contributed by atoms with Crippen LogP contribution in [0.3, 0.4) is 0 Å². The van der Waals surface area contributed by atoms with Crippen molar-refractivity contribution < 1.29 is 13.5 Å². The molecule has 3 aromatic rings. The normalized spacial score (nSPS) is 10.6. The first kappa shape index (κ1) is 15.3.